The number of benzene rings is 6. The quantitative estimate of drug-likeness (QED) is 0.109. The molecule has 0 unspecified atom stereocenters. The van der Waals surface area contributed by atoms with Crippen LogP contribution < -0.4 is 9.47 Å². The third-order valence-corrected chi connectivity index (χ3v) is 7.97. The van der Waals surface area contributed by atoms with Gasteiger partial charge in [-0.25, -0.2) is 9.59 Å². The van der Waals surface area contributed by atoms with Crippen molar-refractivity contribution in [2.75, 3.05) is 0 Å². The Bertz CT molecular complexity index is 2230. The fourth-order valence-electron chi connectivity index (χ4n) is 5.36. The Morgan fingerprint density at radius 3 is 1.39 bits per heavy atom. The summed E-state index contributed by atoms with van der Waals surface area (Å²) in [6, 6.07) is 50.6. The normalized spacial score (nSPS) is 11.1. The summed E-state index contributed by atoms with van der Waals surface area (Å²) in [7, 11) is 0. The molecule has 0 amide bonds. The molecule has 6 rings (SSSR count). The molecule has 54 heavy (non-hydrogen) atoms. The van der Waals surface area contributed by atoms with E-state index >= 15 is 0 Å². The summed E-state index contributed by atoms with van der Waals surface area (Å²) in [6.45, 7) is 0. The van der Waals surface area contributed by atoms with Crippen LogP contribution >= 0.6 is 0 Å². The maximum atomic E-state index is 10.8. The summed E-state index contributed by atoms with van der Waals surface area (Å²) < 4.78 is 12.0. The third-order valence-electron chi connectivity index (χ3n) is 7.97. The molecule has 2 N–H and O–H groups in total. The molecule has 0 heterocycles. The van der Waals surface area contributed by atoms with Crippen LogP contribution in [-0.2, 0) is 22.4 Å². The van der Waals surface area contributed by atoms with Crippen LogP contribution in [-0.4, -0.2) is 22.2 Å². The zero-order valence-electron chi connectivity index (χ0n) is 29.6. The van der Waals surface area contributed by atoms with Crippen molar-refractivity contribution in [2.45, 2.75) is 12.8 Å². The van der Waals surface area contributed by atoms with Crippen molar-refractivity contribution in [1.29, 1.82) is 0 Å². The van der Waals surface area contributed by atoms with Crippen molar-refractivity contribution in [3.05, 3.63) is 215 Å². The lowest BCUT2D eigenvalue weighted by Gasteiger charge is -2.09. The Hall–Kier alpha value is -7.18. The van der Waals surface area contributed by atoms with Crippen LogP contribution in [0.2, 0.25) is 0 Å². The first-order chi connectivity index (χ1) is 26.4. The minimum Gasteiger partial charge on any atom is -0.478 e. The Balaban J connectivity index is 0.000000208. The van der Waals surface area contributed by atoms with E-state index in [9.17, 15) is 9.59 Å². The number of carbonyl (C=O) groups is 2. The van der Waals surface area contributed by atoms with Gasteiger partial charge in [-0.3, -0.25) is 0 Å². The lowest BCUT2D eigenvalue weighted by molar-refractivity contribution is -0.132. The summed E-state index contributed by atoms with van der Waals surface area (Å²) in [6.07, 6.45) is 15.1. The van der Waals surface area contributed by atoms with E-state index in [4.69, 9.17) is 19.7 Å². The number of allylic oxidation sites excluding steroid dienone is 2. The van der Waals surface area contributed by atoms with Gasteiger partial charge < -0.3 is 19.7 Å². The van der Waals surface area contributed by atoms with Crippen molar-refractivity contribution < 1.29 is 29.3 Å². The monoisotopic (exact) mass is 712 g/mol. The minimum atomic E-state index is -0.958. The number of carboxylic acid groups (broad SMARTS) is 2. The Labute approximate surface area is 315 Å². The predicted molar refractivity (Wildman–Crippen MR) is 218 cm³/mol. The van der Waals surface area contributed by atoms with Gasteiger partial charge in [0, 0.05) is 17.7 Å². The highest BCUT2D eigenvalue weighted by Gasteiger charge is 2.05. The number of rotatable bonds is 14. The van der Waals surface area contributed by atoms with Crippen molar-refractivity contribution >= 4 is 36.2 Å². The summed E-state index contributed by atoms with van der Waals surface area (Å²) in [5.41, 5.74) is 5.86. The van der Waals surface area contributed by atoms with E-state index in [2.05, 4.69) is 12.2 Å². The number of aliphatic carboxylic acids is 2. The van der Waals surface area contributed by atoms with Crippen LogP contribution in [0, 0.1) is 0 Å². The van der Waals surface area contributed by atoms with Gasteiger partial charge in [-0.1, -0.05) is 146 Å². The molecule has 0 atom stereocenters. The third kappa shape index (κ3) is 12.5. The van der Waals surface area contributed by atoms with Crippen LogP contribution in [0.3, 0.4) is 0 Å². The van der Waals surface area contributed by atoms with E-state index < -0.39 is 11.9 Å². The van der Waals surface area contributed by atoms with Crippen LogP contribution in [0.25, 0.3) is 24.3 Å². The second-order valence-corrected chi connectivity index (χ2v) is 11.9. The molecule has 0 aromatic heterocycles. The van der Waals surface area contributed by atoms with E-state index in [1.165, 1.54) is 0 Å². The van der Waals surface area contributed by atoms with Crippen LogP contribution in [0.15, 0.2) is 182 Å². The van der Waals surface area contributed by atoms with E-state index in [-0.39, 0.29) is 0 Å². The fourth-order valence-corrected chi connectivity index (χ4v) is 5.36. The van der Waals surface area contributed by atoms with Crippen molar-refractivity contribution in [3.63, 3.8) is 0 Å². The number of carboxylic acids is 2. The van der Waals surface area contributed by atoms with E-state index in [0.29, 0.717) is 12.8 Å². The summed E-state index contributed by atoms with van der Waals surface area (Å²) in [5, 5.41) is 17.7. The maximum Gasteiger partial charge on any atom is 0.328 e. The first-order valence-electron chi connectivity index (χ1n) is 17.4. The Morgan fingerprint density at radius 1 is 0.407 bits per heavy atom. The van der Waals surface area contributed by atoms with E-state index in [1.54, 1.807) is 12.2 Å². The first-order valence-corrected chi connectivity index (χ1v) is 17.4. The zero-order chi connectivity index (χ0) is 37.8. The second kappa shape index (κ2) is 20.6. The lowest BCUT2D eigenvalue weighted by Crippen LogP contribution is -1.90. The fraction of sp³-hybridized carbons (Fsp3) is 0.0417. The molecule has 0 aliphatic heterocycles. The van der Waals surface area contributed by atoms with Gasteiger partial charge in [-0.15, -0.1) is 0 Å². The molecule has 6 aromatic carbocycles. The number of para-hydroxylation sites is 4. The van der Waals surface area contributed by atoms with Crippen LogP contribution in [0.4, 0.5) is 0 Å². The largest absolute Gasteiger partial charge is 0.478 e. The van der Waals surface area contributed by atoms with Crippen LogP contribution in [0.5, 0.6) is 23.0 Å². The Morgan fingerprint density at radius 2 is 0.796 bits per heavy atom. The molecule has 268 valence electrons. The van der Waals surface area contributed by atoms with Gasteiger partial charge in [0.25, 0.3) is 0 Å². The second-order valence-electron chi connectivity index (χ2n) is 11.9. The topological polar surface area (TPSA) is 93.1 Å². The highest BCUT2D eigenvalue weighted by Crippen LogP contribution is 2.27. The van der Waals surface area contributed by atoms with Gasteiger partial charge in [-0.2, -0.15) is 0 Å². The molecule has 0 spiro atoms. The summed E-state index contributed by atoms with van der Waals surface area (Å²) >= 11 is 0. The molecule has 6 nitrogen and oxygen atoms in total. The molecule has 0 radical (unpaired) electrons. The smallest absolute Gasteiger partial charge is 0.328 e. The highest BCUT2D eigenvalue weighted by molar-refractivity contribution is 5.86. The van der Waals surface area contributed by atoms with Crippen molar-refractivity contribution in [3.8, 4) is 23.0 Å². The SMILES string of the molecule is O=C(O)/C=C/c1ccccc1/C=C/Cc1ccccc1Oc1ccccc1.O=C(O)/C=C/c1ccccc1C/C=C\c1ccccc1Oc1ccccc1. The average Bonchev–Trinajstić information content (AvgIpc) is 3.19. The molecule has 0 aliphatic carbocycles. The van der Waals surface area contributed by atoms with Gasteiger partial charge in [0.15, 0.2) is 0 Å². The maximum absolute atomic E-state index is 10.8. The molecule has 0 bridgehead atoms. The molecule has 0 saturated carbocycles. The van der Waals surface area contributed by atoms with Gasteiger partial charge in [0.1, 0.15) is 23.0 Å². The molecule has 6 heteroatoms. The number of hydrogen-bond donors (Lipinski definition) is 2. The van der Waals surface area contributed by atoms with E-state index in [1.807, 2.05) is 170 Å². The standard InChI is InChI=1S/2C24H20O3/c2*25-24(26)18-17-20-10-5-4-9-19(20)12-8-13-21-11-6-7-16-23(21)27-22-14-2-1-3-15-22/h1-11,13-18H,12H2,(H,25,26);1-12,14-18H,13H2,(H,25,26)/b13-8-,18-17+;12-8+,18-17+. The molecular weight excluding hydrogens is 673 g/mol. The predicted octanol–water partition coefficient (Wildman–Crippen LogP) is 11.7. The Kier molecular flexibility index (Phi) is 14.5. The highest BCUT2D eigenvalue weighted by atomic mass is 16.5. The molecule has 0 fully saturated rings. The number of ether oxygens (including phenoxy) is 2. The average molecular weight is 713 g/mol. The van der Waals surface area contributed by atoms with Crippen LogP contribution in [0.1, 0.15) is 33.4 Å². The molecule has 0 aliphatic rings. The van der Waals surface area contributed by atoms with Gasteiger partial charge in [0.05, 0.1) is 0 Å². The number of hydrogen-bond acceptors (Lipinski definition) is 4. The van der Waals surface area contributed by atoms with E-state index in [0.717, 1.165) is 68.5 Å². The first kappa shape index (κ1) is 38.1. The van der Waals surface area contributed by atoms with Gasteiger partial charge in [-0.05, 0) is 89.2 Å². The van der Waals surface area contributed by atoms with Gasteiger partial charge in [0.2, 0.25) is 0 Å². The lowest BCUT2D eigenvalue weighted by atomic mass is 10.0. The molecule has 6 aromatic rings. The van der Waals surface area contributed by atoms with Gasteiger partial charge >= 0.3 is 11.9 Å². The summed E-state index contributed by atoms with van der Waals surface area (Å²) in [4.78, 5) is 21.5. The summed E-state index contributed by atoms with van der Waals surface area (Å²) in [5.74, 6) is 1.31. The minimum absolute atomic E-state index is 0.694. The van der Waals surface area contributed by atoms with Crippen molar-refractivity contribution in [1.82, 2.24) is 0 Å². The zero-order valence-corrected chi connectivity index (χ0v) is 29.6. The van der Waals surface area contributed by atoms with Crippen molar-refractivity contribution in [2.24, 2.45) is 0 Å². The molecular formula is C48H40O6. The molecule has 0 saturated heterocycles.